The fraction of sp³-hybridized carbons (Fsp3) is 0.143. The number of hydrogen-bond acceptors (Lipinski definition) is 5. The van der Waals surface area contributed by atoms with Crippen LogP contribution in [-0.2, 0) is 0 Å². The zero-order valence-corrected chi connectivity index (χ0v) is 8.84. The molecule has 0 spiro atoms. The number of H-pyrrole nitrogens is 1. The molecule has 0 saturated heterocycles. The van der Waals surface area contributed by atoms with E-state index in [1.54, 1.807) is 13.0 Å². The molecule has 2 aromatic rings. The minimum absolute atomic E-state index is 0. The number of carbonyl (C=O) groups is 1. The molecule has 2 aromatic heterocycles. The van der Waals surface area contributed by atoms with Crippen molar-refractivity contribution in [2.24, 2.45) is 5.73 Å². The van der Waals surface area contributed by atoms with Gasteiger partial charge in [0.1, 0.15) is 4.64 Å². The second-order valence-corrected chi connectivity index (χ2v) is 3.23. The van der Waals surface area contributed by atoms with Crippen LogP contribution in [-0.4, -0.2) is 25.5 Å². The van der Waals surface area contributed by atoms with E-state index >= 15 is 0 Å². The Balaban J connectivity index is 0.00000112. The Labute approximate surface area is 89.9 Å². The Morgan fingerprint density at radius 2 is 2.27 bits per heavy atom. The van der Waals surface area contributed by atoms with E-state index in [4.69, 9.17) is 18.0 Å². The van der Waals surface area contributed by atoms with Crippen molar-refractivity contribution in [3.05, 3.63) is 22.2 Å². The van der Waals surface area contributed by atoms with Gasteiger partial charge in [0.25, 0.3) is 11.7 Å². The molecule has 0 aliphatic carbocycles. The zero-order chi connectivity index (χ0) is 10.3. The SMILES string of the molecule is Cc1cc(=S)n2[nH]c(C(N)=O)nc2n1.N. The third-order valence-corrected chi connectivity index (χ3v) is 1.99. The van der Waals surface area contributed by atoms with Crippen molar-refractivity contribution in [1.82, 2.24) is 25.7 Å². The van der Waals surface area contributed by atoms with E-state index < -0.39 is 5.91 Å². The second-order valence-electron chi connectivity index (χ2n) is 2.81. The van der Waals surface area contributed by atoms with Crippen molar-refractivity contribution in [3.63, 3.8) is 0 Å². The van der Waals surface area contributed by atoms with Gasteiger partial charge in [0.05, 0.1) is 0 Å². The van der Waals surface area contributed by atoms with E-state index in [2.05, 4.69) is 15.1 Å². The van der Waals surface area contributed by atoms with E-state index in [1.807, 2.05) is 0 Å². The van der Waals surface area contributed by atoms with Crippen LogP contribution in [0.4, 0.5) is 0 Å². The quantitative estimate of drug-likeness (QED) is 0.605. The van der Waals surface area contributed by atoms with Gasteiger partial charge in [0.2, 0.25) is 5.82 Å². The number of rotatable bonds is 1. The average Bonchev–Trinajstić information content (AvgIpc) is 2.47. The number of fused-ring (bicyclic) bond motifs is 1. The van der Waals surface area contributed by atoms with E-state index in [0.29, 0.717) is 10.4 Å². The maximum absolute atomic E-state index is 10.8. The number of aromatic amines is 1. The first-order chi connectivity index (χ1) is 6.58. The van der Waals surface area contributed by atoms with Gasteiger partial charge < -0.3 is 11.9 Å². The summed E-state index contributed by atoms with van der Waals surface area (Å²) < 4.78 is 1.94. The zero-order valence-electron chi connectivity index (χ0n) is 8.02. The van der Waals surface area contributed by atoms with E-state index in [0.717, 1.165) is 5.69 Å². The Morgan fingerprint density at radius 1 is 1.60 bits per heavy atom. The predicted octanol–water partition coefficient (Wildman–Crippen LogP) is 0.356. The molecule has 80 valence electrons. The van der Waals surface area contributed by atoms with E-state index in [-0.39, 0.29) is 12.0 Å². The van der Waals surface area contributed by atoms with Crippen LogP contribution in [0.25, 0.3) is 5.78 Å². The maximum Gasteiger partial charge on any atom is 0.286 e. The third kappa shape index (κ3) is 1.85. The summed E-state index contributed by atoms with van der Waals surface area (Å²) >= 11 is 5.04. The fourth-order valence-corrected chi connectivity index (χ4v) is 1.40. The number of primary amides is 1. The van der Waals surface area contributed by atoms with Crippen LogP contribution in [0.3, 0.4) is 0 Å². The van der Waals surface area contributed by atoms with Crippen molar-refractivity contribution >= 4 is 23.9 Å². The standard InChI is InChI=1S/C7H7N5OS.H3N/c1-3-2-4(14)12-7(9-3)10-6(11-12)5(8)13;/h2H,1H3,(H2,8,13)(H,9,10,11);1H3. The minimum Gasteiger partial charge on any atom is -0.363 e. The number of aryl methyl sites for hydroxylation is 1. The van der Waals surface area contributed by atoms with Crippen LogP contribution in [0.2, 0.25) is 0 Å². The van der Waals surface area contributed by atoms with Gasteiger partial charge in [0, 0.05) is 5.69 Å². The van der Waals surface area contributed by atoms with Crippen molar-refractivity contribution in [1.29, 1.82) is 0 Å². The lowest BCUT2D eigenvalue weighted by Crippen LogP contribution is -2.13. The molecule has 7 nitrogen and oxygen atoms in total. The van der Waals surface area contributed by atoms with Crippen LogP contribution in [0.1, 0.15) is 16.3 Å². The molecule has 15 heavy (non-hydrogen) atoms. The lowest BCUT2D eigenvalue weighted by atomic mass is 10.5. The molecule has 2 heterocycles. The van der Waals surface area contributed by atoms with Gasteiger partial charge in [-0.3, -0.25) is 9.89 Å². The molecule has 0 aromatic carbocycles. The van der Waals surface area contributed by atoms with Crippen LogP contribution in [0.5, 0.6) is 0 Å². The summed E-state index contributed by atoms with van der Waals surface area (Å²) in [5, 5.41) is 2.65. The molecule has 0 aliphatic rings. The van der Waals surface area contributed by atoms with E-state index in [9.17, 15) is 4.79 Å². The number of nitrogens with one attached hydrogen (secondary N) is 1. The van der Waals surface area contributed by atoms with Crippen molar-refractivity contribution in [2.75, 3.05) is 0 Å². The molecular weight excluding hydrogens is 216 g/mol. The highest BCUT2D eigenvalue weighted by Crippen LogP contribution is 2.01. The minimum atomic E-state index is -0.637. The monoisotopic (exact) mass is 226 g/mol. The van der Waals surface area contributed by atoms with Crippen LogP contribution in [0.15, 0.2) is 6.07 Å². The lowest BCUT2D eigenvalue weighted by molar-refractivity contribution is 0.0990. The van der Waals surface area contributed by atoms with Crippen LogP contribution < -0.4 is 11.9 Å². The summed E-state index contributed by atoms with van der Waals surface area (Å²) in [5.74, 6) is -0.236. The first-order valence-corrected chi connectivity index (χ1v) is 4.25. The van der Waals surface area contributed by atoms with Crippen LogP contribution in [0, 0.1) is 11.6 Å². The largest absolute Gasteiger partial charge is 0.363 e. The highest BCUT2D eigenvalue weighted by atomic mass is 32.1. The van der Waals surface area contributed by atoms with Crippen molar-refractivity contribution in [2.45, 2.75) is 6.92 Å². The Morgan fingerprint density at radius 3 is 2.87 bits per heavy atom. The van der Waals surface area contributed by atoms with Gasteiger partial charge in [-0.15, -0.1) is 0 Å². The number of amides is 1. The average molecular weight is 226 g/mol. The maximum atomic E-state index is 10.8. The molecule has 0 fully saturated rings. The summed E-state index contributed by atoms with van der Waals surface area (Å²) in [6.07, 6.45) is 0. The first kappa shape index (κ1) is 11.3. The number of carbonyl (C=O) groups excluding carboxylic acids is 1. The fourth-order valence-electron chi connectivity index (χ4n) is 1.10. The normalized spacial score (nSPS) is 9.93. The number of nitrogens with zero attached hydrogens (tertiary/aromatic N) is 3. The van der Waals surface area contributed by atoms with Gasteiger partial charge in [-0.1, -0.05) is 12.2 Å². The molecule has 0 bridgehead atoms. The van der Waals surface area contributed by atoms with Crippen molar-refractivity contribution in [3.8, 4) is 0 Å². The molecule has 6 N–H and O–H groups in total. The van der Waals surface area contributed by atoms with Crippen LogP contribution >= 0.6 is 12.2 Å². The summed E-state index contributed by atoms with van der Waals surface area (Å²) in [6, 6.07) is 1.70. The molecule has 0 aliphatic heterocycles. The molecular formula is C7H10N6OS. The summed E-state index contributed by atoms with van der Waals surface area (Å²) in [6.45, 7) is 1.80. The molecule has 0 atom stereocenters. The topological polar surface area (TPSA) is 124 Å². The summed E-state index contributed by atoms with van der Waals surface area (Å²) in [7, 11) is 0. The Kier molecular flexibility index (Phi) is 2.82. The Hall–Kier alpha value is -1.80. The van der Waals surface area contributed by atoms with Gasteiger partial charge in [-0.25, -0.2) is 9.50 Å². The first-order valence-electron chi connectivity index (χ1n) is 3.84. The summed E-state index contributed by atoms with van der Waals surface area (Å²) in [4.78, 5) is 18.8. The van der Waals surface area contributed by atoms with Gasteiger partial charge in [0.15, 0.2) is 0 Å². The Bertz CT molecular complexity index is 570. The molecule has 2 rings (SSSR count). The third-order valence-electron chi connectivity index (χ3n) is 1.69. The van der Waals surface area contributed by atoms with Crippen molar-refractivity contribution < 1.29 is 4.79 Å². The highest BCUT2D eigenvalue weighted by Gasteiger charge is 2.08. The molecule has 8 heteroatoms. The lowest BCUT2D eigenvalue weighted by Gasteiger charge is -1.92. The van der Waals surface area contributed by atoms with E-state index in [1.165, 1.54) is 4.52 Å². The molecule has 0 unspecified atom stereocenters. The second kappa shape index (κ2) is 3.75. The smallest absolute Gasteiger partial charge is 0.286 e. The number of aromatic nitrogens is 4. The van der Waals surface area contributed by atoms with Gasteiger partial charge in [-0.05, 0) is 13.0 Å². The number of nitrogens with two attached hydrogens (primary N) is 1. The molecule has 1 amide bonds. The number of hydrogen-bond donors (Lipinski definition) is 3. The van der Waals surface area contributed by atoms with Gasteiger partial charge >= 0.3 is 0 Å². The summed E-state index contributed by atoms with van der Waals surface area (Å²) in [5.41, 5.74) is 5.81. The molecule has 0 saturated carbocycles. The predicted molar refractivity (Wildman–Crippen MR) is 56.4 cm³/mol. The van der Waals surface area contributed by atoms with Gasteiger partial charge in [-0.2, -0.15) is 4.98 Å². The molecule has 0 radical (unpaired) electrons. The highest BCUT2D eigenvalue weighted by molar-refractivity contribution is 7.71.